The van der Waals surface area contributed by atoms with E-state index in [0.717, 1.165) is 50.3 Å². The molecule has 0 unspecified atom stereocenters. The van der Waals surface area contributed by atoms with Crippen LogP contribution in [0.4, 0.5) is 0 Å². The normalized spacial score (nSPS) is 12.4. The zero-order chi connectivity index (χ0) is 38.3. The van der Waals surface area contributed by atoms with Gasteiger partial charge in [-0.05, 0) is 77.5 Å². The van der Waals surface area contributed by atoms with Crippen LogP contribution in [0.3, 0.4) is 0 Å². The van der Waals surface area contributed by atoms with Gasteiger partial charge in [0.1, 0.15) is 5.69 Å². The number of benzene rings is 9. The van der Waals surface area contributed by atoms with E-state index in [-0.39, 0.29) is 0 Å². The molecule has 0 aliphatic carbocycles. The summed E-state index contributed by atoms with van der Waals surface area (Å²) in [6, 6.07) is 68.0. The molecule has 5 nitrogen and oxygen atoms in total. The second kappa shape index (κ2) is 11.3. The monoisotopic (exact) mass is 749 g/mol. The molecule has 0 N–H and O–H groups in total. The number of nitrogens with zero attached hydrogens (tertiary/aromatic N) is 5. The Morgan fingerprint density at radius 2 is 0.915 bits per heavy atom. The van der Waals surface area contributed by atoms with Crippen molar-refractivity contribution in [3.05, 3.63) is 188 Å². The lowest BCUT2D eigenvalue weighted by molar-refractivity contribution is 1.08. The Hall–Kier alpha value is -8.02. The summed E-state index contributed by atoms with van der Waals surface area (Å²) in [5, 5.41) is 12.2. The number of aromatic nitrogens is 5. The lowest BCUT2D eigenvalue weighted by atomic mass is 10.0. The Labute approximate surface area is 336 Å². The quantitative estimate of drug-likeness (QED) is 0.180. The highest BCUT2D eigenvalue weighted by Crippen LogP contribution is 2.48. The van der Waals surface area contributed by atoms with Gasteiger partial charge < -0.3 is 8.97 Å². The van der Waals surface area contributed by atoms with E-state index in [0.29, 0.717) is 0 Å². The van der Waals surface area contributed by atoms with Gasteiger partial charge >= 0.3 is 0 Å². The minimum atomic E-state index is 0.809. The summed E-state index contributed by atoms with van der Waals surface area (Å²) in [5.74, 6) is 0.809. The smallest absolute Gasteiger partial charge is 0.165 e. The van der Waals surface area contributed by atoms with Crippen molar-refractivity contribution in [2.24, 2.45) is 0 Å². The summed E-state index contributed by atoms with van der Waals surface area (Å²) in [5.41, 5.74) is 12.9. The summed E-state index contributed by atoms with van der Waals surface area (Å²) in [6.07, 6.45) is 0. The largest absolute Gasteiger partial charge is 0.309 e. The van der Waals surface area contributed by atoms with Crippen LogP contribution in [0.25, 0.3) is 126 Å². The average Bonchev–Trinajstić information content (AvgIpc) is 4.02. The number of hydrogen-bond acceptors (Lipinski definition) is 2. The predicted molar refractivity (Wildman–Crippen MR) is 246 cm³/mol. The number of fused-ring (bicyclic) bond motifs is 15. The third-order valence-electron chi connectivity index (χ3n) is 12.7. The molecule has 272 valence electrons. The van der Waals surface area contributed by atoms with Gasteiger partial charge in [-0.3, -0.25) is 4.57 Å². The lowest BCUT2D eigenvalue weighted by Crippen LogP contribution is -2.04. The summed E-state index contributed by atoms with van der Waals surface area (Å²) >= 11 is 0. The van der Waals surface area contributed by atoms with Crippen molar-refractivity contribution in [3.63, 3.8) is 0 Å². The van der Waals surface area contributed by atoms with E-state index in [2.05, 4.69) is 202 Å². The molecule has 5 heterocycles. The van der Waals surface area contributed by atoms with Crippen molar-refractivity contribution in [1.82, 2.24) is 23.5 Å². The molecule has 0 aliphatic heterocycles. The molecule has 5 heteroatoms. The first-order valence-corrected chi connectivity index (χ1v) is 20.2. The molecule has 59 heavy (non-hydrogen) atoms. The van der Waals surface area contributed by atoms with E-state index in [1.54, 1.807) is 0 Å². The molecular weight excluding hydrogens is 719 g/mol. The number of para-hydroxylation sites is 6. The summed E-state index contributed by atoms with van der Waals surface area (Å²) in [6.45, 7) is 0. The van der Waals surface area contributed by atoms with Crippen LogP contribution < -0.4 is 0 Å². The zero-order valence-corrected chi connectivity index (χ0v) is 31.6. The van der Waals surface area contributed by atoms with Crippen LogP contribution in [-0.2, 0) is 0 Å². The van der Waals surface area contributed by atoms with Crippen molar-refractivity contribution in [2.75, 3.05) is 0 Å². The van der Waals surface area contributed by atoms with E-state index in [1.165, 1.54) is 75.9 Å². The Balaban J connectivity index is 1.19. The van der Waals surface area contributed by atoms with Crippen LogP contribution in [0.2, 0.25) is 0 Å². The van der Waals surface area contributed by atoms with Gasteiger partial charge in [-0.15, -0.1) is 0 Å². The SMILES string of the molecule is c1ccc(-n2c3ccccc3c3ccc(-c4nc5ccccc5nc4-n4c5cc6ccccc6cc5c5cc6c7ccccc7n7c8ccccc8c(c54)c67)cc32)cc1. The first-order chi connectivity index (χ1) is 29.3. The van der Waals surface area contributed by atoms with E-state index in [4.69, 9.17) is 9.97 Å². The van der Waals surface area contributed by atoms with E-state index in [1.807, 2.05) is 0 Å². The maximum atomic E-state index is 5.64. The fraction of sp³-hybridized carbons (Fsp3) is 0. The van der Waals surface area contributed by atoms with Gasteiger partial charge in [-0.25, -0.2) is 9.97 Å². The molecule has 0 saturated carbocycles. The van der Waals surface area contributed by atoms with Crippen molar-refractivity contribution < 1.29 is 0 Å². The van der Waals surface area contributed by atoms with Crippen LogP contribution >= 0.6 is 0 Å². The Kier molecular flexibility index (Phi) is 5.96. The van der Waals surface area contributed by atoms with Gasteiger partial charge in [0.05, 0.1) is 49.7 Å². The molecule has 0 atom stereocenters. The highest BCUT2D eigenvalue weighted by Gasteiger charge is 2.27. The van der Waals surface area contributed by atoms with Crippen molar-refractivity contribution in [1.29, 1.82) is 0 Å². The summed E-state index contributed by atoms with van der Waals surface area (Å²) in [4.78, 5) is 11.2. The van der Waals surface area contributed by atoms with Crippen LogP contribution in [0.15, 0.2) is 188 Å². The molecule has 9 aromatic carbocycles. The van der Waals surface area contributed by atoms with Crippen LogP contribution in [0, 0.1) is 0 Å². The fourth-order valence-electron chi connectivity index (χ4n) is 10.2. The van der Waals surface area contributed by atoms with Crippen molar-refractivity contribution in [3.8, 4) is 22.8 Å². The maximum absolute atomic E-state index is 5.64. The van der Waals surface area contributed by atoms with E-state index >= 15 is 0 Å². The predicted octanol–water partition coefficient (Wildman–Crippen LogP) is 13.8. The average molecular weight is 750 g/mol. The zero-order valence-electron chi connectivity index (χ0n) is 31.6. The Bertz CT molecular complexity index is 4070. The first kappa shape index (κ1) is 31.1. The van der Waals surface area contributed by atoms with Gasteiger partial charge in [0, 0.05) is 54.3 Å². The minimum absolute atomic E-state index is 0.809. The molecule has 0 saturated heterocycles. The molecule has 0 bridgehead atoms. The minimum Gasteiger partial charge on any atom is -0.309 e. The highest BCUT2D eigenvalue weighted by molar-refractivity contribution is 6.34. The van der Waals surface area contributed by atoms with Gasteiger partial charge in [0.2, 0.25) is 0 Å². The summed E-state index contributed by atoms with van der Waals surface area (Å²) < 4.78 is 7.28. The third kappa shape index (κ3) is 4.08. The molecular formula is C54H31N5. The van der Waals surface area contributed by atoms with Gasteiger partial charge in [0.25, 0.3) is 0 Å². The molecule has 0 fully saturated rings. The third-order valence-corrected chi connectivity index (χ3v) is 12.7. The van der Waals surface area contributed by atoms with Gasteiger partial charge in [0.15, 0.2) is 5.82 Å². The highest BCUT2D eigenvalue weighted by atomic mass is 15.1. The van der Waals surface area contributed by atoms with Crippen LogP contribution in [-0.4, -0.2) is 23.5 Å². The Morgan fingerprint density at radius 3 is 1.71 bits per heavy atom. The molecule has 14 aromatic rings. The summed E-state index contributed by atoms with van der Waals surface area (Å²) in [7, 11) is 0. The molecule has 0 spiro atoms. The van der Waals surface area contributed by atoms with Crippen LogP contribution in [0.1, 0.15) is 0 Å². The maximum Gasteiger partial charge on any atom is 0.165 e. The fourth-order valence-corrected chi connectivity index (χ4v) is 10.2. The topological polar surface area (TPSA) is 40.0 Å². The second-order valence-electron chi connectivity index (χ2n) is 15.8. The number of hydrogen-bond donors (Lipinski definition) is 0. The molecule has 5 aromatic heterocycles. The van der Waals surface area contributed by atoms with Crippen molar-refractivity contribution >= 4 is 104 Å². The molecule has 14 rings (SSSR count). The van der Waals surface area contributed by atoms with Gasteiger partial charge in [-0.2, -0.15) is 0 Å². The molecule has 0 aliphatic rings. The van der Waals surface area contributed by atoms with Crippen molar-refractivity contribution in [2.45, 2.75) is 0 Å². The number of rotatable bonds is 3. The van der Waals surface area contributed by atoms with Crippen LogP contribution in [0.5, 0.6) is 0 Å². The van der Waals surface area contributed by atoms with Gasteiger partial charge in [-0.1, -0.05) is 121 Å². The first-order valence-electron chi connectivity index (χ1n) is 20.2. The van der Waals surface area contributed by atoms with E-state index in [9.17, 15) is 0 Å². The lowest BCUT2D eigenvalue weighted by Gasteiger charge is -2.15. The standard InChI is InChI=1S/C54H31N5/c1-2-16-35(17-3-1)57-45-23-11-6-18-36(45)38-27-26-34(30-48(38)57)51-54(56-44-22-10-9-21-43(44)55-51)59-49-29-33-15-5-4-14-32(33)28-40(49)42-31-41-37-19-7-12-24-46(37)58-47-25-13-8-20-39(47)50(52(41)58)53(42)59/h1-31H. The second-order valence-corrected chi connectivity index (χ2v) is 15.8. The molecule has 0 amide bonds. The molecule has 0 radical (unpaired) electrons. The van der Waals surface area contributed by atoms with E-state index < -0.39 is 0 Å². The Morgan fingerprint density at radius 1 is 0.339 bits per heavy atom.